The van der Waals surface area contributed by atoms with Gasteiger partial charge in [-0.25, -0.2) is 4.79 Å². The number of carbonyl (C=O) groups excluding carboxylic acids is 1. The number of unbranched alkanes of at least 4 members (excludes halogenated alkanes) is 7. The second kappa shape index (κ2) is 16.7. The fraction of sp³-hybridized carbons (Fsp3) is 0.500. The summed E-state index contributed by atoms with van der Waals surface area (Å²) < 4.78 is 8.36. The van der Waals surface area contributed by atoms with Crippen LogP contribution in [0.15, 0.2) is 54.2 Å². The fourth-order valence-corrected chi connectivity index (χ4v) is 5.10. The normalized spacial score (nSPS) is 11.1. The third-order valence-electron chi connectivity index (χ3n) is 6.60. The summed E-state index contributed by atoms with van der Waals surface area (Å²) in [6, 6.07) is 13.7. The topological polar surface area (TPSA) is 54.2 Å². The summed E-state index contributed by atoms with van der Waals surface area (Å²) in [5.74, 6) is 0.903. The molecule has 0 radical (unpaired) electrons. The molecule has 0 saturated carbocycles. The van der Waals surface area contributed by atoms with Crippen LogP contribution in [0.3, 0.4) is 0 Å². The molecular weight excluding hydrogens is 570 g/mol. The molecule has 7 heteroatoms. The Kier molecular flexibility index (Phi) is 14.0. The van der Waals surface area contributed by atoms with E-state index >= 15 is 0 Å². The van der Waals surface area contributed by atoms with Crippen molar-refractivity contribution in [2.24, 2.45) is 0 Å². The number of anilines is 2. The SMILES string of the molecule is CCCCCCCCCCOc1ccc(NC(=O)Nc2ccc(C[n+]3csc(C)c3)cc2)cc1C(C)(C)C.[Br-]. The molecule has 0 unspecified atom stereocenters. The van der Waals surface area contributed by atoms with E-state index in [-0.39, 0.29) is 28.4 Å². The summed E-state index contributed by atoms with van der Waals surface area (Å²) in [4.78, 5) is 14.0. The number of hydrogen-bond donors (Lipinski definition) is 2. The number of hydrogen-bond acceptors (Lipinski definition) is 3. The van der Waals surface area contributed by atoms with Crippen LogP contribution >= 0.6 is 11.3 Å². The standard InChI is InChI=1S/C32H45N3O2S.BrH/c1-6-7-8-9-10-11-12-13-20-37-30-19-18-28(21-29(30)32(3,4)5)34-31(36)33-27-16-14-26(15-17-27)23-35-22-25(2)38-24-35;/h14-19,21-22,24H,6-13,20,23H2,1-5H3,(H-,33,34,36);1H. The lowest BCUT2D eigenvalue weighted by Gasteiger charge is -2.24. The summed E-state index contributed by atoms with van der Waals surface area (Å²) in [7, 11) is 0. The van der Waals surface area contributed by atoms with E-state index in [1.807, 2.05) is 42.5 Å². The number of halogens is 1. The van der Waals surface area contributed by atoms with Gasteiger partial charge >= 0.3 is 6.03 Å². The lowest BCUT2D eigenvalue weighted by atomic mass is 9.86. The first kappa shape index (κ1) is 32.8. The van der Waals surface area contributed by atoms with E-state index in [9.17, 15) is 4.79 Å². The molecule has 0 aliphatic heterocycles. The molecule has 5 nitrogen and oxygen atoms in total. The lowest BCUT2D eigenvalue weighted by molar-refractivity contribution is -0.683. The predicted molar refractivity (Wildman–Crippen MR) is 161 cm³/mol. The average molecular weight is 617 g/mol. The highest BCUT2D eigenvalue weighted by Gasteiger charge is 2.20. The van der Waals surface area contributed by atoms with E-state index in [0.717, 1.165) is 42.3 Å². The van der Waals surface area contributed by atoms with Crippen molar-refractivity contribution in [3.8, 4) is 5.75 Å². The van der Waals surface area contributed by atoms with E-state index in [2.05, 4.69) is 61.5 Å². The van der Waals surface area contributed by atoms with E-state index in [1.54, 1.807) is 11.3 Å². The van der Waals surface area contributed by atoms with Crippen molar-refractivity contribution in [3.63, 3.8) is 0 Å². The van der Waals surface area contributed by atoms with Crippen LogP contribution in [-0.4, -0.2) is 12.6 Å². The predicted octanol–water partition coefficient (Wildman–Crippen LogP) is 5.86. The van der Waals surface area contributed by atoms with Crippen LogP contribution in [0.1, 0.15) is 95.1 Å². The van der Waals surface area contributed by atoms with Gasteiger partial charge in [0.1, 0.15) is 5.75 Å². The van der Waals surface area contributed by atoms with Crippen molar-refractivity contribution in [1.82, 2.24) is 0 Å². The number of benzene rings is 2. The summed E-state index contributed by atoms with van der Waals surface area (Å²) in [6.45, 7) is 12.4. The van der Waals surface area contributed by atoms with E-state index in [0.29, 0.717) is 0 Å². The van der Waals surface area contributed by atoms with Crippen LogP contribution in [0, 0.1) is 6.92 Å². The summed E-state index contributed by atoms with van der Waals surface area (Å²) in [5.41, 5.74) is 5.83. The molecule has 214 valence electrons. The summed E-state index contributed by atoms with van der Waals surface area (Å²) in [5, 5.41) is 5.93. The molecule has 0 fully saturated rings. The molecule has 0 atom stereocenters. The number of aryl methyl sites for hydroxylation is 1. The van der Waals surface area contributed by atoms with Gasteiger partial charge in [-0.05, 0) is 49.1 Å². The van der Waals surface area contributed by atoms with Gasteiger partial charge < -0.3 is 32.4 Å². The molecule has 1 heterocycles. The zero-order chi connectivity index (χ0) is 27.4. The van der Waals surface area contributed by atoms with Crippen LogP contribution < -0.4 is 36.9 Å². The van der Waals surface area contributed by atoms with Crippen LogP contribution in [-0.2, 0) is 12.0 Å². The molecule has 2 aromatic carbocycles. The first-order valence-corrected chi connectivity index (χ1v) is 15.0. The van der Waals surface area contributed by atoms with Crippen LogP contribution in [0.5, 0.6) is 5.75 Å². The zero-order valence-corrected chi connectivity index (χ0v) is 26.7. The third-order valence-corrected chi connectivity index (χ3v) is 7.45. The number of amides is 2. The van der Waals surface area contributed by atoms with E-state index in [4.69, 9.17) is 4.74 Å². The number of urea groups is 1. The quantitative estimate of drug-likeness (QED) is 0.176. The maximum atomic E-state index is 12.7. The maximum Gasteiger partial charge on any atom is 0.323 e. The Balaban J connectivity index is 0.00000533. The monoisotopic (exact) mass is 615 g/mol. The zero-order valence-electron chi connectivity index (χ0n) is 24.3. The Morgan fingerprint density at radius 3 is 2.13 bits per heavy atom. The van der Waals surface area contributed by atoms with Crippen molar-refractivity contribution in [3.05, 3.63) is 70.2 Å². The Morgan fingerprint density at radius 1 is 0.897 bits per heavy atom. The lowest BCUT2D eigenvalue weighted by Crippen LogP contribution is -3.00. The van der Waals surface area contributed by atoms with Gasteiger partial charge in [-0.15, -0.1) is 0 Å². The van der Waals surface area contributed by atoms with E-state index < -0.39 is 0 Å². The molecule has 3 rings (SSSR count). The van der Waals surface area contributed by atoms with Gasteiger partial charge in [0.15, 0.2) is 12.7 Å². The van der Waals surface area contributed by atoms with Crippen molar-refractivity contribution in [2.45, 2.75) is 97.9 Å². The van der Waals surface area contributed by atoms with Gasteiger partial charge in [-0.3, -0.25) is 0 Å². The van der Waals surface area contributed by atoms with Crippen LogP contribution in [0.2, 0.25) is 0 Å². The Morgan fingerprint density at radius 2 is 1.51 bits per heavy atom. The Labute approximate surface area is 250 Å². The van der Waals surface area contributed by atoms with Gasteiger partial charge in [0.25, 0.3) is 0 Å². The van der Waals surface area contributed by atoms with Crippen molar-refractivity contribution < 1.29 is 31.1 Å². The third kappa shape index (κ3) is 11.7. The minimum Gasteiger partial charge on any atom is -1.00 e. The molecule has 2 N–H and O–H groups in total. The van der Waals surface area contributed by atoms with Crippen molar-refractivity contribution in [1.29, 1.82) is 0 Å². The molecule has 1 aromatic heterocycles. The second-order valence-corrected chi connectivity index (χ2v) is 12.3. The summed E-state index contributed by atoms with van der Waals surface area (Å²) in [6.07, 6.45) is 12.4. The first-order chi connectivity index (χ1) is 18.2. The highest BCUT2D eigenvalue weighted by atomic mass is 79.9. The number of carbonyl (C=O) groups is 1. The second-order valence-electron chi connectivity index (χ2n) is 11.2. The highest BCUT2D eigenvalue weighted by Crippen LogP contribution is 2.34. The summed E-state index contributed by atoms with van der Waals surface area (Å²) >= 11 is 1.74. The maximum absolute atomic E-state index is 12.7. The molecule has 0 spiro atoms. The van der Waals surface area contributed by atoms with Crippen LogP contribution in [0.25, 0.3) is 0 Å². The van der Waals surface area contributed by atoms with E-state index in [1.165, 1.54) is 55.4 Å². The van der Waals surface area contributed by atoms with Gasteiger partial charge in [-0.1, -0.05) is 96.1 Å². The molecule has 0 aliphatic carbocycles. The highest BCUT2D eigenvalue weighted by molar-refractivity contribution is 7.09. The van der Waals surface area contributed by atoms with Gasteiger partial charge in [-0.2, -0.15) is 4.57 Å². The number of thiazole rings is 1. The number of ether oxygens (including phenoxy) is 1. The van der Waals surface area contributed by atoms with Crippen molar-refractivity contribution in [2.75, 3.05) is 17.2 Å². The van der Waals surface area contributed by atoms with Gasteiger partial charge in [0.2, 0.25) is 5.51 Å². The molecule has 2 amide bonds. The largest absolute Gasteiger partial charge is 1.00 e. The van der Waals surface area contributed by atoms with Gasteiger partial charge in [0.05, 0.1) is 11.5 Å². The van der Waals surface area contributed by atoms with Gasteiger partial charge in [0, 0.05) is 22.5 Å². The molecule has 0 bridgehead atoms. The molecular formula is C32H46BrN3O2S. The molecule has 0 saturated heterocycles. The number of nitrogens with zero attached hydrogens (tertiary/aromatic N) is 1. The minimum absolute atomic E-state index is 0. The van der Waals surface area contributed by atoms with Crippen LogP contribution in [0.4, 0.5) is 16.2 Å². The Hall–Kier alpha value is -2.38. The smallest absolute Gasteiger partial charge is 0.323 e. The Bertz CT molecular complexity index is 1140. The van der Waals surface area contributed by atoms with Crippen molar-refractivity contribution >= 4 is 28.7 Å². The number of rotatable bonds is 14. The fourth-order valence-electron chi connectivity index (χ4n) is 4.46. The molecule has 39 heavy (non-hydrogen) atoms. The first-order valence-electron chi connectivity index (χ1n) is 14.1. The minimum atomic E-state index is -0.256. The number of aromatic nitrogens is 1. The number of nitrogens with one attached hydrogen (secondary N) is 2. The molecule has 0 aliphatic rings. The molecule has 3 aromatic rings. The average Bonchev–Trinajstić information content (AvgIpc) is 3.28.